The third-order valence-electron chi connectivity index (χ3n) is 4.26. The smallest absolute Gasteiger partial charge is 0.223 e. The molecule has 2 heterocycles. The van der Waals surface area contributed by atoms with Crippen molar-refractivity contribution in [1.29, 1.82) is 0 Å². The van der Waals surface area contributed by atoms with Gasteiger partial charge in [-0.05, 0) is 48.4 Å². The summed E-state index contributed by atoms with van der Waals surface area (Å²) in [7, 11) is -2.91. The van der Waals surface area contributed by atoms with Gasteiger partial charge in [0.05, 0.1) is 11.5 Å². The van der Waals surface area contributed by atoms with Gasteiger partial charge in [0.25, 0.3) is 0 Å². The Hall–Kier alpha value is -1.82. The van der Waals surface area contributed by atoms with Crippen LogP contribution in [0.4, 0.5) is 0 Å². The van der Waals surface area contributed by atoms with Crippen LogP contribution in [0.2, 0.25) is 0 Å². The summed E-state index contributed by atoms with van der Waals surface area (Å²) in [4.78, 5) is 15.2. The van der Waals surface area contributed by atoms with E-state index in [1.54, 1.807) is 0 Å². The number of carbonyl (C=O) groups is 1. The number of nitrogens with one attached hydrogen (secondary N) is 2. The Balaban J connectivity index is 1.49. The van der Waals surface area contributed by atoms with Gasteiger partial charge in [0.1, 0.15) is 9.84 Å². The number of amides is 1. The van der Waals surface area contributed by atoms with Gasteiger partial charge < -0.3 is 10.3 Å². The molecule has 2 aromatic rings. The number of carbonyl (C=O) groups excluding carboxylic acids is 1. The van der Waals surface area contributed by atoms with Gasteiger partial charge in [0.2, 0.25) is 5.91 Å². The molecule has 0 bridgehead atoms. The molecule has 1 saturated heterocycles. The molecule has 0 saturated carbocycles. The van der Waals surface area contributed by atoms with Crippen molar-refractivity contribution in [2.75, 3.05) is 18.1 Å². The highest BCUT2D eigenvalue weighted by Crippen LogP contribution is 2.19. The van der Waals surface area contributed by atoms with E-state index in [0.29, 0.717) is 19.4 Å². The topological polar surface area (TPSA) is 79.0 Å². The summed E-state index contributed by atoms with van der Waals surface area (Å²) in [6.45, 7) is 0.581. The van der Waals surface area contributed by atoms with Crippen molar-refractivity contribution in [2.24, 2.45) is 5.92 Å². The lowest BCUT2D eigenvalue weighted by Gasteiger charge is -2.21. The molecular weight excluding hydrogens is 300 g/mol. The number of sulfone groups is 1. The molecule has 2 N–H and O–H groups in total. The van der Waals surface area contributed by atoms with Crippen LogP contribution in [0.25, 0.3) is 10.9 Å². The van der Waals surface area contributed by atoms with Crippen LogP contribution in [0.3, 0.4) is 0 Å². The van der Waals surface area contributed by atoms with Crippen LogP contribution in [-0.2, 0) is 21.1 Å². The number of hydrogen-bond acceptors (Lipinski definition) is 3. The zero-order valence-electron chi connectivity index (χ0n) is 12.3. The summed E-state index contributed by atoms with van der Waals surface area (Å²) < 4.78 is 22.7. The van der Waals surface area contributed by atoms with E-state index in [9.17, 15) is 13.2 Å². The van der Waals surface area contributed by atoms with Crippen LogP contribution in [0.15, 0.2) is 30.5 Å². The maximum Gasteiger partial charge on any atom is 0.223 e. The van der Waals surface area contributed by atoms with E-state index in [1.165, 1.54) is 10.9 Å². The number of fused-ring (bicyclic) bond motifs is 1. The highest BCUT2D eigenvalue weighted by molar-refractivity contribution is 7.91. The number of rotatable bonds is 4. The lowest BCUT2D eigenvalue weighted by molar-refractivity contribution is -0.125. The molecule has 1 aromatic heterocycles. The molecule has 3 rings (SSSR count). The van der Waals surface area contributed by atoms with Crippen molar-refractivity contribution in [3.63, 3.8) is 0 Å². The van der Waals surface area contributed by atoms with Crippen LogP contribution in [0, 0.1) is 5.92 Å². The first-order valence-electron chi connectivity index (χ1n) is 7.58. The zero-order valence-corrected chi connectivity index (χ0v) is 13.2. The summed E-state index contributed by atoms with van der Waals surface area (Å²) in [5.74, 6) is 0.0955. The molecule has 1 aliphatic rings. The fraction of sp³-hybridized carbons (Fsp3) is 0.438. The van der Waals surface area contributed by atoms with E-state index in [2.05, 4.69) is 22.4 Å². The van der Waals surface area contributed by atoms with Crippen LogP contribution < -0.4 is 5.32 Å². The second-order valence-electron chi connectivity index (χ2n) is 5.87. The van der Waals surface area contributed by atoms with Crippen LogP contribution in [0.1, 0.15) is 18.4 Å². The Labute approximate surface area is 130 Å². The maximum atomic E-state index is 12.1. The van der Waals surface area contributed by atoms with E-state index in [-0.39, 0.29) is 23.3 Å². The van der Waals surface area contributed by atoms with Gasteiger partial charge in [-0.15, -0.1) is 0 Å². The minimum absolute atomic E-state index is 0.0161. The van der Waals surface area contributed by atoms with Gasteiger partial charge in [0, 0.05) is 24.2 Å². The molecular formula is C16H20N2O3S. The van der Waals surface area contributed by atoms with Gasteiger partial charge in [0.15, 0.2) is 0 Å². The van der Waals surface area contributed by atoms with Crippen LogP contribution >= 0.6 is 0 Å². The van der Waals surface area contributed by atoms with Crippen molar-refractivity contribution in [1.82, 2.24) is 10.3 Å². The molecule has 1 aromatic carbocycles. The second-order valence-corrected chi connectivity index (χ2v) is 8.17. The Bertz CT molecular complexity index is 766. The zero-order chi connectivity index (χ0) is 15.6. The molecule has 0 unspecified atom stereocenters. The number of aromatic nitrogens is 1. The van der Waals surface area contributed by atoms with Gasteiger partial charge >= 0.3 is 0 Å². The number of H-pyrrole nitrogens is 1. The van der Waals surface area contributed by atoms with Gasteiger partial charge in [-0.3, -0.25) is 4.79 Å². The SMILES string of the molecule is O=C(NCCc1ccc2[nH]ccc2c1)C1CCS(=O)(=O)CC1. The van der Waals surface area contributed by atoms with E-state index >= 15 is 0 Å². The summed E-state index contributed by atoms with van der Waals surface area (Å²) in [6.07, 6.45) is 3.58. The number of hydrogen-bond donors (Lipinski definition) is 2. The van der Waals surface area contributed by atoms with Crippen molar-refractivity contribution >= 4 is 26.6 Å². The third kappa shape index (κ3) is 3.50. The first-order chi connectivity index (χ1) is 10.5. The second kappa shape index (κ2) is 6.12. The molecule has 1 amide bonds. The van der Waals surface area contributed by atoms with Crippen molar-refractivity contribution in [2.45, 2.75) is 19.3 Å². The van der Waals surface area contributed by atoms with E-state index in [0.717, 1.165) is 11.9 Å². The highest BCUT2D eigenvalue weighted by atomic mass is 32.2. The normalized spacial score (nSPS) is 18.4. The standard InChI is InChI=1S/C16H20N2O3S/c19-16(13-5-9-22(20,21)10-6-13)18-7-3-12-1-2-15-14(11-12)4-8-17-15/h1-2,4,8,11,13,17H,3,5-7,9-10H2,(H,18,19). The molecule has 6 heteroatoms. The molecule has 1 fully saturated rings. The Morgan fingerprint density at radius 3 is 2.77 bits per heavy atom. The minimum Gasteiger partial charge on any atom is -0.361 e. The van der Waals surface area contributed by atoms with E-state index in [1.807, 2.05) is 18.3 Å². The molecule has 118 valence electrons. The molecule has 0 spiro atoms. The molecule has 0 atom stereocenters. The predicted molar refractivity (Wildman–Crippen MR) is 86.4 cm³/mol. The average molecular weight is 320 g/mol. The fourth-order valence-electron chi connectivity index (χ4n) is 2.88. The largest absolute Gasteiger partial charge is 0.361 e. The lowest BCUT2D eigenvalue weighted by atomic mass is 10.0. The first-order valence-corrected chi connectivity index (χ1v) is 9.40. The molecule has 0 aliphatic carbocycles. The number of aromatic amines is 1. The van der Waals surface area contributed by atoms with E-state index < -0.39 is 9.84 Å². The lowest BCUT2D eigenvalue weighted by Crippen LogP contribution is -2.37. The van der Waals surface area contributed by atoms with Crippen LogP contribution in [-0.4, -0.2) is 37.4 Å². The monoisotopic (exact) mass is 320 g/mol. The van der Waals surface area contributed by atoms with Crippen molar-refractivity contribution < 1.29 is 13.2 Å². The van der Waals surface area contributed by atoms with Crippen molar-refractivity contribution in [3.05, 3.63) is 36.0 Å². The Morgan fingerprint density at radius 1 is 1.23 bits per heavy atom. The van der Waals surface area contributed by atoms with Gasteiger partial charge in [-0.2, -0.15) is 0 Å². The Kier molecular flexibility index (Phi) is 4.20. The third-order valence-corrected chi connectivity index (χ3v) is 5.97. The summed E-state index contributed by atoms with van der Waals surface area (Å²) in [5, 5.41) is 4.10. The Morgan fingerprint density at radius 2 is 2.00 bits per heavy atom. The first kappa shape index (κ1) is 15.1. The maximum absolute atomic E-state index is 12.1. The molecule has 1 aliphatic heterocycles. The highest BCUT2D eigenvalue weighted by Gasteiger charge is 2.28. The quantitative estimate of drug-likeness (QED) is 0.899. The molecule has 5 nitrogen and oxygen atoms in total. The summed E-state index contributed by atoms with van der Waals surface area (Å²) in [5.41, 5.74) is 2.29. The number of benzene rings is 1. The summed E-state index contributed by atoms with van der Waals surface area (Å²) >= 11 is 0. The van der Waals surface area contributed by atoms with Crippen molar-refractivity contribution in [3.8, 4) is 0 Å². The van der Waals surface area contributed by atoms with E-state index in [4.69, 9.17) is 0 Å². The fourth-order valence-corrected chi connectivity index (χ4v) is 4.38. The molecule has 0 radical (unpaired) electrons. The van der Waals surface area contributed by atoms with Gasteiger partial charge in [-0.25, -0.2) is 8.42 Å². The van der Waals surface area contributed by atoms with Crippen LogP contribution in [0.5, 0.6) is 0 Å². The average Bonchev–Trinajstić information content (AvgIpc) is 2.94. The minimum atomic E-state index is -2.91. The van der Waals surface area contributed by atoms with Gasteiger partial charge in [-0.1, -0.05) is 6.07 Å². The summed E-state index contributed by atoms with van der Waals surface area (Å²) in [6, 6.07) is 8.24. The molecule has 22 heavy (non-hydrogen) atoms. The predicted octanol–water partition coefficient (Wildman–Crippen LogP) is 1.65.